The molecule has 17 heteroatoms. The molecule has 0 aromatic heterocycles. The summed E-state index contributed by atoms with van der Waals surface area (Å²) in [6.45, 7) is 6.78. The number of unbranched alkanes of at least 4 members (excludes halogenated alkanes) is 14. The molecule has 0 rings (SSSR count). The molecule has 0 heterocycles. The molecule has 388 valence electrons. The Bertz CT molecular complexity index is 1390. The number of Topliss-reactive ketones (excluding diaryl/α,β-unsaturated/α-hetero) is 4. The Hall–Kier alpha value is -3.64. The SMILES string of the molecule is CC(=O)[C@H](CCCCNC(=O)COCCOCCNC(=O)COCCOCCCC(=O)CC[C@H](CC(=O)CCCCCCCCCCCCCCCCC(=O)O)C(=O)O)CCC(=O)C(C)(C)N. The lowest BCUT2D eigenvalue weighted by molar-refractivity contribution is -0.144. The van der Waals surface area contributed by atoms with Gasteiger partial charge in [-0.15, -0.1) is 0 Å². The third kappa shape index (κ3) is 42.2. The van der Waals surface area contributed by atoms with Crippen LogP contribution >= 0.6 is 0 Å². The van der Waals surface area contributed by atoms with Gasteiger partial charge in [0.05, 0.1) is 44.5 Å². The van der Waals surface area contributed by atoms with E-state index in [9.17, 15) is 43.5 Å². The number of nitrogens with one attached hydrogen (secondary N) is 2. The summed E-state index contributed by atoms with van der Waals surface area (Å²) in [4.78, 5) is 95.1. The van der Waals surface area contributed by atoms with Gasteiger partial charge in [-0.05, 0) is 65.7 Å². The van der Waals surface area contributed by atoms with Gasteiger partial charge < -0.3 is 45.5 Å². The number of carboxylic acids is 2. The van der Waals surface area contributed by atoms with Crippen molar-refractivity contribution >= 4 is 46.9 Å². The molecule has 0 spiro atoms. The number of aliphatic carboxylic acids is 2. The van der Waals surface area contributed by atoms with Crippen LogP contribution in [0, 0.1) is 11.8 Å². The summed E-state index contributed by atoms with van der Waals surface area (Å²) in [5.41, 5.74) is 4.93. The summed E-state index contributed by atoms with van der Waals surface area (Å²) in [5.74, 6) is -3.54. The van der Waals surface area contributed by atoms with Crippen LogP contribution in [0.1, 0.15) is 188 Å². The van der Waals surface area contributed by atoms with Gasteiger partial charge in [-0.3, -0.25) is 38.4 Å². The molecule has 0 saturated carbocycles. The van der Waals surface area contributed by atoms with E-state index < -0.39 is 23.4 Å². The second kappa shape index (κ2) is 42.5. The number of hydrogen-bond donors (Lipinski definition) is 5. The molecule has 0 aliphatic heterocycles. The molecule has 0 bridgehead atoms. The molecule has 0 aliphatic carbocycles. The number of nitrogens with two attached hydrogens (primary N) is 1. The summed E-state index contributed by atoms with van der Waals surface area (Å²) in [6, 6.07) is 0. The highest BCUT2D eigenvalue weighted by atomic mass is 16.5. The maximum absolute atomic E-state index is 12.5. The number of carbonyl (C=O) groups is 8. The van der Waals surface area contributed by atoms with Gasteiger partial charge >= 0.3 is 11.9 Å². The highest BCUT2D eigenvalue weighted by Gasteiger charge is 2.24. The fourth-order valence-corrected chi connectivity index (χ4v) is 7.30. The smallest absolute Gasteiger partial charge is 0.306 e. The molecule has 6 N–H and O–H groups in total. The van der Waals surface area contributed by atoms with Crippen molar-refractivity contribution in [3.05, 3.63) is 0 Å². The molecular weight excluding hydrogens is 867 g/mol. The minimum atomic E-state index is -1.05. The zero-order valence-electron chi connectivity index (χ0n) is 41.5. The molecule has 0 radical (unpaired) electrons. The first kappa shape index (κ1) is 63.4. The largest absolute Gasteiger partial charge is 0.481 e. The van der Waals surface area contributed by atoms with Crippen molar-refractivity contribution in [2.24, 2.45) is 17.6 Å². The molecule has 0 fully saturated rings. The van der Waals surface area contributed by atoms with Gasteiger partial charge in [0, 0.05) is 64.1 Å². The summed E-state index contributed by atoms with van der Waals surface area (Å²) in [5, 5.41) is 23.7. The van der Waals surface area contributed by atoms with Crippen LogP contribution in [0.5, 0.6) is 0 Å². The number of hydrogen-bond acceptors (Lipinski definition) is 13. The average Bonchev–Trinajstić information content (AvgIpc) is 3.26. The van der Waals surface area contributed by atoms with Crippen LogP contribution in [0.15, 0.2) is 0 Å². The van der Waals surface area contributed by atoms with Crippen LogP contribution in [0.25, 0.3) is 0 Å². The maximum atomic E-state index is 12.5. The van der Waals surface area contributed by atoms with Crippen molar-refractivity contribution in [2.45, 2.75) is 193 Å². The van der Waals surface area contributed by atoms with Gasteiger partial charge in [-0.2, -0.15) is 0 Å². The fourth-order valence-electron chi connectivity index (χ4n) is 7.30. The topological polar surface area (TPSA) is 264 Å². The average molecular weight is 956 g/mol. The van der Waals surface area contributed by atoms with Gasteiger partial charge in [0.1, 0.15) is 30.6 Å². The van der Waals surface area contributed by atoms with E-state index in [2.05, 4.69) is 10.6 Å². The van der Waals surface area contributed by atoms with Gasteiger partial charge in [0.15, 0.2) is 5.78 Å². The van der Waals surface area contributed by atoms with E-state index in [1.807, 2.05) is 0 Å². The van der Waals surface area contributed by atoms with Crippen molar-refractivity contribution in [1.29, 1.82) is 0 Å². The maximum Gasteiger partial charge on any atom is 0.306 e. The van der Waals surface area contributed by atoms with Crippen molar-refractivity contribution in [3.8, 4) is 0 Å². The molecule has 0 aromatic rings. The Balaban J connectivity index is 3.71. The number of carboxylic acid groups (broad SMARTS) is 2. The predicted molar refractivity (Wildman–Crippen MR) is 256 cm³/mol. The normalized spacial score (nSPS) is 12.4. The van der Waals surface area contributed by atoms with Crippen LogP contribution in [0.2, 0.25) is 0 Å². The van der Waals surface area contributed by atoms with Crippen LogP contribution in [-0.4, -0.2) is 129 Å². The first-order chi connectivity index (χ1) is 32.0. The van der Waals surface area contributed by atoms with Crippen LogP contribution in [-0.2, 0) is 57.3 Å². The van der Waals surface area contributed by atoms with E-state index in [4.69, 9.17) is 29.8 Å². The van der Waals surface area contributed by atoms with E-state index in [0.29, 0.717) is 45.3 Å². The van der Waals surface area contributed by atoms with Crippen molar-refractivity contribution in [3.63, 3.8) is 0 Å². The molecule has 0 saturated heterocycles. The number of rotatable bonds is 50. The van der Waals surface area contributed by atoms with E-state index in [0.717, 1.165) is 51.4 Å². The summed E-state index contributed by atoms with van der Waals surface area (Å²) < 4.78 is 21.5. The van der Waals surface area contributed by atoms with Gasteiger partial charge in [0.2, 0.25) is 11.8 Å². The minimum Gasteiger partial charge on any atom is -0.481 e. The van der Waals surface area contributed by atoms with Crippen molar-refractivity contribution in [1.82, 2.24) is 10.6 Å². The van der Waals surface area contributed by atoms with Gasteiger partial charge in [-0.1, -0.05) is 83.5 Å². The van der Waals surface area contributed by atoms with Gasteiger partial charge in [-0.25, -0.2) is 0 Å². The molecule has 67 heavy (non-hydrogen) atoms. The second-order valence-corrected chi connectivity index (χ2v) is 18.3. The molecule has 2 atom stereocenters. The first-order valence-electron chi connectivity index (χ1n) is 25.2. The zero-order chi connectivity index (χ0) is 50.0. The standard InChI is InChI=1S/C50H89N3O14/c1-40(54)41(26-28-45(57)50(2,3)51)21-18-19-29-52-46(58)38-67-36-34-65-32-30-53-47(59)39-66-35-33-64-31-20-23-43(55)27-25-42(49(62)63)37-44(56)22-16-14-12-10-8-6-4-5-7-9-11-13-15-17-24-48(60)61/h41-42H,4-39,51H2,1-3H3,(H,52,58)(H,53,59)(H,60,61)(H,62,63)/t41-,42-/m1/s1. The highest BCUT2D eigenvalue weighted by molar-refractivity contribution is 5.88. The molecule has 0 aliphatic rings. The number of ketones is 4. The van der Waals surface area contributed by atoms with Crippen LogP contribution in [0.4, 0.5) is 0 Å². The Morgan fingerprint density at radius 1 is 0.478 bits per heavy atom. The van der Waals surface area contributed by atoms with Crippen LogP contribution < -0.4 is 16.4 Å². The molecule has 0 unspecified atom stereocenters. The first-order valence-corrected chi connectivity index (χ1v) is 25.2. The van der Waals surface area contributed by atoms with Gasteiger partial charge in [0.25, 0.3) is 0 Å². The van der Waals surface area contributed by atoms with Crippen molar-refractivity contribution < 1.29 is 67.5 Å². The lowest BCUT2D eigenvalue weighted by Crippen LogP contribution is -2.41. The summed E-state index contributed by atoms with van der Waals surface area (Å²) >= 11 is 0. The third-order valence-electron chi connectivity index (χ3n) is 11.5. The van der Waals surface area contributed by atoms with Crippen LogP contribution in [0.3, 0.4) is 0 Å². The minimum absolute atomic E-state index is 0.0444. The highest BCUT2D eigenvalue weighted by Crippen LogP contribution is 2.20. The number of amides is 2. The summed E-state index contributed by atoms with van der Waals surface area (Å²) in [7, 11) is 0. The molecule has 2 amide bonds. The quantitative estimate of drug-likeness (QED) is 0.0390. The Labute approximate surface area is 400 Å². The molecular formula is C50H89N3O14. The number of carbonyl (C=O) groups excluding carboxylic acids is 6. The zero-order valence-corrected chi connectivity index (χ0v) is 41.5. The predicted octanol–water partition coefficient (Wildman–Crippen LogP) is 6.86. The third-order valence-corrected chi connectivity index (χ3v) is 11.5. The monoisotopic (exact) mass is 956 g/mol. The van der Waals surface area contributed by atoms with E-state index in [1.54, 1.807) is 13.8 Å². The Morgan fingerprint density at radius 3 is 1.45 bits per heavy atom. The summed E-state index contributed by atoms with van der Waals surface area (Å²) in [6.07, 6.45) is 19.7. The lowest BCUT2D eigenvalue weighted by Gasteiger charge is -2.19. The molecule has 17 nitrogen and oxygen atoms in total. The Morgan fingerprint density at radius 2 is 0.940 bits per heavy atom. The fraction of sp³-hybridized carbons (Fsp3) is 0.840. The molecule has 0 aromatic carbocycles. The lowest BCUT2D eigenvalue weighted by atomic mass is 9.88. The second-order valence-electron chi connectivity index (χ2n) is 18.3. The Kier molecular flexibility index (Phi) is 40.2. The number of ether oxygens (including phenoxy) is 4. The van der Waals surface area contributed by atoms with Crippen molar-refractivity contribution in [2.75, 3.05) is 65.9 Å². The van der Waals surface area contributed by atoms with E-state index in [-0.39, 0.29) is 132 Å². The van der Waals surface area contributed by atoms with E-state index >= 15 is 0 Å². The van der Waals surface area contributed by atoms with E-state index in [1.165, 1.54) is 51.9 Å².